The Hall–Kier alpha value is -1.42. The Morgan fingerprint density at radius 3 is 3.00 bits per heavy atom. The van der Waals surface area contributed by atoms with E-state index in [1.165, 1.54) is 5.56 Å². The van der Waals surface area contributed by atoms with Crippen LogP contribution in [0, 0.1) is 0 Å². The van der Waals surface area contributed by atoms with Gasteiger partial charge < -0.3 is 20.1 Å². The standard InChI is InChI=1S/C13H18N2O2/c1-2-11(14)15-6-5-9-3-4-10-13(12(9)15)17-8-7-16-10/h3-4,11H,2,5-8,14H2,1H3/t11-/m0/s1. The topological polar surface area (TPSA) is 47.7 Å². The van der Waals surface area contributed by atoms with Crippen LogP contribution in [0.5, 0.6) is 11.5 Å². The predicted molar refractivity (Wildman–Crippen MR) is 66.7 cm³/mol. The van der Waals surface area contributed by atoms with Gasteiger partial charge in [-0.1, -0.05) is 13.0 Å². The van der Waals surface area contributed by atoms with Gasteiger partial charge in [0.2, 0.25) is 0 Å². The molecule has 0 aromatic heterocycles. The maximum atomic E-state index is 6.16. The lowest BCUT2D eigenvalue weighted by molar-refractivity contribution is 0.172. The number of nitrogens with zero attached hydrogens (tertiary/aromatic N) is 1. The van der Waals surface area contributed by atoms with Crippen LogP contribution in [0.25, 0.3) is 0 Å². The quantitative estimate of drug-likeness (QED) is 0.842. The van der Waals surface area contributed by atoms with Gasteiger partial charge in [0.25, 0.3) is 0 Å². The monoisotopic (exact) mass is 234 g/mol. The highest BCUT2D eigenvalue weighted by Crippen LogP contribution is 2.45. The van der Waals surface area contributed by atoms with Crippen LogP contribution in [-0.4, -0.2) is 25.9 Å². The molecule has 4 nitrogen and oxygen atoms in total. The van der Waals surface area contributed by atoms with E-state index in [0.29, 0.717) is 13.2 Å². The van der Waals surface area contributed by atoms with Crippen LogP contribution in [0.1, 0.15) is 18.9 Å². The highest BCUT2D eigenvalue weighted by Gasteiger charge is 2.30. The molecule has 2 heterocycles. The first-order chi connectivity index (χ1) is 8.31. The van der Waals surface area contributed by atoms with E-state index < -0.39 is 0 Å². The summed E-state index contributed by atoms with van der Waals surface area (Å²) < 4.78 is 11.4. The van der Waals surface area contributed by atoms with Crippen molar-refractivity contribution >= 4 is 5.69 Å². The maximum Gasteiger partial charge on any atom is 0.184 e. The minimum absolute atomic E-state index is 0.0632. The highest BCUT2D eigenvalue weighted by molar-refractivity contribution is 5.72. The number of nitrogens with two attached hydrogens (primary N) is 1. The van der Waals surface area contributed by atoms with E-state index in [4.69, 9.17) is 15.2 Å². The fourth-order valence-electron chi connectivity index (χ4n) is 2.56. The second-order valence-corrected chi connectivity index (χ2v) is 4.52. The van der Waals surface area contributed by atoms with E-state index in [-0.39, 0.29) is 6.17 Å². The number of rotatable bonds is 2. The van der Waals surface area contributed by atoms with Crippen molar-refractivity contribution in [1.82, 2.24) is 0 Å². The third-order valence-corrected chi connectivity index (χ3v) is 3.49. The van der Waals surface area contributed by atoms with Gasteiger partial charge in [-0.15, -0.1) is 0 Å². The number of hydrogen-bond donors (Lipinski definition) is 1. The van der Waals surface area contributed by atoms with Gasteiger partial charge >= 0.3 is 0 Å². The molecule has 1 aromatic rings. The second-order valence-electron chi connectivity index (χ2n) is 4.52. The minimum atomic E-state index is 0.0632. The second kappa shape index (κ2) is 4.11. The van der Waals surface area contributed by atoms with Gasteiger partial charge in [0.05, 0.1) is 11.9 Å². The predicted octanol–water partition coefficient (Wildman–Crippen LogP) is 1.52. The number of anilines is 1. The lowest BCUT2D eigenvalue weighted by Crippen LogP contribution is -2.40. The SMILES string of the molecule is CC[C@@H](N)N1CCc2ccc3c(c21)OCCO3. The molecule has 1 aromatic carbocycles. The van der Waals surface area contributed by atoms with Crippen LogP contribution < -0.4 is 20.1 Å². The lowest BCUT2D eigenvalue weighted by atomic mass is 10.1. The first-order valence-electron chi connectivity index (χ1n) is 6.25. The molecular weight excluding hydrogens is 216 g/mol. The van der Waals surface area contributed by atoms with E-state index in [1.54, 1.807) is 0 Å². The van der Waals surface area contributed by atoms with Crippen LogP contribution in [0.3, 0.4) is 0 Å². The van der Waals surface area contributed by atoms with Crippen molar-refractivity contribution in [3.05, 3.63) is 17.7 Å². The molecule has 0 amide bonds. The molecule has 0 saturated heterocycles. The molecule has 0 fully saturated rings. The Morgan fingerprint density at radius 2 is 2.18 bits per heavy atom. The van der Waals surface area contributed by atoms with Crippen molar-refractivity contribution in [2.24, 2.45) is 5.73 Å². The summed E-state index contributed by atoms with van der Waals surface area (Å²) in [5.74, 6) is 1.74. The molecule has 2 aliphatic rings. The molecule has 0 unspecified atom stereocenters. The van der Waals surface area contributed by atoms with Crippen LogP contribution >= 0.6 is 0 Å². The zero-order valence-electron chi connectivity index (χ0n) is 10.1. The summed E-state index contributed by atoms with van der Waals surface area (Å²) in [6.45, 7) is 4.34. The molecule has 0 aliphatic carbocycles. The largest absolute Gasteiger partial charge is 0.486 e. The molecule has 3 rings (SSSR count). The van der Waals surface area contributed by atoms with Gasteiger partial charge in [0, 0.05) is 6.54 Å². The normalized spacial score (nSPS) is 19.1. The van der Waals surface area contributed by atoms with E-state index in [2.05, 4.69) is 17.9 Å². The van der Waals surface area contributed by atoms with Gasteiger partial charge in [-0.05, 0) is 24.5 Å². The average Bonchev–Trinajstić information content (AvgIpc) is 2.82. The fourth-order valence-corrected chi connectivity index (χ4v) is 2.56. The Bertz CT molecular complexity index is 434. The van der Waals surface area contributed by atoms with E-state index >= 15 is 0 Å². The molecule has 2 aliphatic heterocycles. The Morgan fingerprint density at radius 1 is 1.35 bits per heavy atom. The number of fused-ring (bicyclic) bond motifs is 3. The molecule has 4 heteroatoms. The summed E-state index contributed by atoms with van der Waals surface area (Å²) in [6.07, 6.45) is 2.04. The summed E-state index contributed by atoms with van der Waals surface area (Å²) in [5.41, 5.74) is 8.62. The average molecular weight is 234 g/mol. The third-order valence-electron chi connectivity index (χ3n) is 3.49. The van der Waals surface area contributed by atoms with Crippen LogP contribution in [0.2, 0.25) is 0 Å². The number of ether oxygens (including phenoxy) is 2. The Labute approximate surface area is 101 Å². The van der Waals surface area contributed by atoms with Crippen LogP contribution in [0.15, 0.2) is 12.1 Å². The van der Waals surface area contributed by atoms with Crippen LogP contribution in [0.4, 0.5) is 5.69 Å². The zero-order chi connectivity index (χ0) is 11.8. The Kier molecular flexibility index (Phi) is 2.59. The third kappa shape index (κ3) is 1.63. The molecule has 0 bridgehead atoms. The molecule has 92 valence electrons. The first kappa shape index (κ1) is 10.7. The summed E-state index contributed by atoms with van der Waals surface area (Å²) in [5, 5.41) is 0. The molecule has 2 N–H and O–H groups in total. The summed E-state index contributed by atoms with van der Waals surface area (Å²) in [6, 6.07) is 4.14. The van der Waals surface area contributed by atoms with Gasteiger partial charge in [0.15, 0.2) is 11.5 Å². The molecule has 0 spiro atoms. The van der Waals surface area contributed by atoms with Gasteiger partial charge in [-0.3, -0.25) is 0 Å². The fraction of sp³-hybridized carbons (Fsp3) is 0.538. The van der Waals surface area contributed by atoms with Crippen molar-refractivity contribution < 1.29 is 9.47 Å². The highest BCUT2D eigenvalue weighted by atomic mass is 16.6. The molecule has 0 saturated carbocycles. The molecule has 1 atom stereocenters. The van der Waals surface area contributed by atoms with E-state index in [9.17, 15) is 0 Å². The summed E-state index contributed by atoms with van der Waals surface area (Å²) in [4.78, 5) is 2.24. The molecule has 0 radical (unpaired) electrons. The van der Waals surface area contributed by atoms with E-state index in [1.807, 2.05) is 6.07 Å². The van der Waals surface area contributed by atoms with Crippen molar-refractivity contribution in [3.63, 3.8) is 0 Å². The maximum absolute atomic E-state index is 6.16. The molecule has 17 heavy (non-hydrogen) atoms. The lowest BCUT2D eigenvalue weighted by Gasteiger charge is -2.29. The Balaban J connectivity index is 2.06. The van der Waals surface area contributed by atoms with Gasteiger partial charge in [-0.25, -0.2) is 0 Å². The number of hydrogen-bond acceptors (Lipinski definition) is 4. The summed E-state index contributed by atoms with van der Waals surface area (Å²) >= 11 is 0. The van der Waals surface area contributed by atoms with Crippen molar-refractivity contribution in [1.29, 1.82) is 0 Å². The van der Waals surface area contributed by atoms with E-state index in [0.717, 1.165) is 36.6 Å². The summed E-state index contributed by atoms with van der Waals surface area (Å²) in [7, 11) is 0. The number of benzene rings is 1. The van der Waals surface area contributed by atoms with Gasteiger partial charge in [0.1, 0.15) is 13.2 Å². The van der Waals surface area contributed by atoms with Crippen molar-refractivity contribution in [2.45, 2.75) is 25.9 Å². The smallest absolute Gasteiger partial charge is 0.184 e. The minimum Gasteiger partial charge on any atom is -0.486 e. The van der Waals surface area contributed by atoms with Crippen molar-refractivity contribution in [2.75, 3.05) is 24.7 Å². The van der Waals surface area contributed by atoms with Crippen LogP contribution in [-0.2, 0) is 6.42 Å². The first-order valence-corrected chi connectivity index (χ1v) is 6.25. The zero-order valence-corrected chi connectivity index (χ0v) is 10.1. The van der Waals surface area contributed by atoms with Crippen molar-refractivity contribution in [3.8, 4) is 11.5 Å². The molecular formula is C13H18N2O2. The van der Waals surface area contributed by atoms with Gasteiger partial charge in [-0.2, -0.15) is 0 Å².